The maximum absolute atomic E-state index is 9.80. The fourth-order valence-corrected chi connectivity index (χ4v) is 2.13. The first kappa shape index (κ1) is 11.6. The Kier molecular flexibility index (Phi) is 2.83. The number of rotatable bonds is 3. The van der Waals surface area contributed by atoms with Gasteiger partial charge in [-0.3, -0.25) is 4.68 Å². The lowest BCUT2D eigenvalue weighted by atomic mass is 10.2. The van der Waals surface area contributed by atoms with Gasteiger partial charge in [-0.15, -0.1) is 5.10 Å². The molecule has 0 unspecified atom stereocenters. The van der Waals surface area contributed by atoms with Crippen molar-refractivity contribution in [3.05, 3.63) is 54.1 Å². The fourth-order valence-electron chi connectivity index (χ4n) is 2.13. The fraction of sp³-hybridized carbons (Fsp3) is 0.133. The number of methoxy groups -OCH3 is 1. The van der Waals surface area contributed by atoms with E-state index in [1.807, 2.05) is 48.5 Å². The minimum atomic E-state index is 0.0733. The number of hydrogen-bond acceptors (Lipinski definition) is 3. The van der Waals surface area contributed by atoms with Gasteiger partial charge in [0, 0.05) is 0 Å². The lowest BCUT2D eigenvalue weighted by Crippen LogP contribution is -2.01. The van der Waals surface area contributed by atoms with Crippen molar-refractivity contribution >= 4 is 10.9 Å². The number of hydrogen-bond donors (Lipinski definition) is 1. The second kappa shape index (κ2) is 4.65. The number of ether oxygens (including phenoxy) is 1. The van der Waals surface area contributed by atoms with Crippen LogP contribution in [-0.4, -0.2) is 22.0 Å². The Morgan fingerprint density at radius 3 is 2.58 bits per heavy atom. The van der Waals surface area contributed by atoms with Gasteiger partial charge in [0.1, 0.15) is 5.75 Å². The molecule has 0 aliphatic rings. The van der Waals surface area contributed by atoms with Crippen LogP contribution in [0.2, 0.25) is 0 Å². The molecular weight excluding hydrogens is 240 g/mol. The van der Waals surface area contributed by atoms with Crippen LogP contribution in [0.3, 0.4) is 0 Å². The highest BCUT2D eigenvalue weighted by Crippen LogP contribution is 2.24. The number of para-hydroxylation sites is 1. The smallest absolute Gasteiger partial charge is 0.238 e. The van der Waals surface area contributed by atoms with Crippen molar-refractivity contribution in [3.8, 4) is 11.6 Å². The Morgan fingerprint density at radius 2 is 1.84 bits per heavy atom. The summed E-state index contributed by atoms with van der Waals surface area (Å²) in [5.74, 6) is 0.904. The summed E-state index contributed by atoms with van der Waals surface area (Å²) in [7, 11) is 1.65. The molecule has 0 fully saturated rings. The summed E-state index contributed by atoms with van der Waals surface area (Å²) in [6.07, 6.45) is 0. The molecule has 4 nitrogen and oxygen atoms in total. The number of nitrogens with zero attached hydrogens (tertiary/aromatic N) is 2. The number of aromatic hydroxyl groups is 1. The summed E-state index contributed by atoms with van der Waals surface area (Å²) in [5, 5.41) is 14.7. The average Bonchev–Trinajstić information content (AvgIpc) is 2.77. The summed E-state index contributed by atoms with van der Waals surface area (Å²) in [6, 6.07) is 15.5. The predicted octanol–water partition coefficient (Wildman–Crippen LogP) is 2.80. The maximum atomic E-state index is 9.80. The first-order chi connectivity index (χ1) is 9.28. The molecule has 0 atom stereocenters. The first-order valence-corrected chi connectivity index (χ1v) is 6.05. The third-order valence-corrected chi connectivity index (χ3v) is 3.13. The average molecular weight is 254 g/mol. The van der Waals surface area contributed by atoms with Crippen molar-refractivity contribution in [3.63, 3.8) is 0 Å². The van der Waals surface area contributed by atoms with Gasteiger partial charge in [0.2, 0.25) is 5.88 Å². The highest BCUT2D eigenvalue weighted by molar-refractivity contribution is 5.84. The highest BCUT2D eigenvalue weighted by atomic mass is 16.5. The van der Waals surface area contributed by atoms with Crippen LogP contribution >= 0.6 is 0 Å². The van der Waals surface area contributed by atoms with Crippen molar-refractivity contribution in [1.82, 2.24) is 9.78 Å². The molecule has 0 radical (unpaired) electrons. The number of aromatic nitrogens is 2. The Hall–Kier alpha value is -2.49. The quantitative estimate of drug-likeness (QED) is 0.781. The van der Waals surface area contributed by atoms with Crippen LogP contribution in [-0.2, 0) is 6.54 Å². The van der Waals surface area contributed by atoms with Crippen molar-refractivity contribution in [1.29, 1.82) is 0 Å². The van der Waals surface area contributed by atoms with Gasteiger partial charge in [-0.25, -0.2) is 0 Å². The lowest BCUT2D eigenvalue weighted by molar-refractivity contribution is 0.414. The van der Waals surface area contributed by atoms with Crippen molar-refractivity contribution in [2.45, 2.75) is 6.54 Å². The third kappa shape index (κ3) is 2.12. The minimum Gasteiger partial charge on any atom is -0.497 e. The van der Waals surface area contributed by atoms with E-state index in [0.717, 1.165) is 22.2 Å². The lowest BCUT2D eigenvalue weighted by Gasteiger charge is -2.05. The van der Waals surface area contributed by atoms with Crippen LogP contribution in [0.5, 0.6) is 11.6 Å². The molecule has 96 valence electrons. The maximum Gasteiger partial charge on any atom is 0.238 e. The molecule has 1 heterocycles. The van der Waals surface area contributed by atoms with E-state index in [4.69, 9.17) is 4.74 Å². The van der Waals surface area contributed by atoms with Gasteiger partial charge in [0.15, 0.2) is 0 Å². The van der Waals surface area contributed by atoms with Crippen molar-refractivity contribution < 1.29 is 9.84 Å². The molecule has 0 amide bonds. The van der Waals surface area contributed by atoms with Gasteiger partial charge < -0.3 is 9.84 Å². The Labute approximate surface area is 110 Å². The molecular formula is C15H14N2O2. The largest absolute Gasteiger partial charge is 0.497 e. The molecule has 2 aromatic carbocycles. The van der Waals surface area contributed by atoms with Crippen molar-refractivity contribution in [2.75, 3.05) is 7.11 Å². The van der Waals surface area contributed by atoms with E-state index < -0.39 is 0 Å². The van der Waals surface area contributed by atoms with Crippen molar-refractivity contribution in [2.24, 2.45) is 0 Å². The van der Waals surface area contributed by atoms with Gasteiger partial charge in [-0.05, 0) is 29.8 Å². The van der Waals surface area contributed by atoms with Crippen LogP contribution in [0.4, 0.5) is 0 Å². The molecule has 0 saturated heterocycles. The predicted molar refractivity (Wildman–Crippen MR) is 73.5 cm³/mol. The van der Waals surface area contributed by atoms with E-state index in [2.05, 4.69) is 5.10 Å². The van der Waals surface area contributed by atoms with E-state index in [0.29, 0.717) is 6.54 Å². The van der Waals surface area contributed by atoms with Gasteiger partial charge in [-0.1, -0.05) is 24.3 Å². The van der Waals surface area contributed by atoms with Crippen LogP contribution in [0.1, 0.15) is 5.56 Å². The van der Waals surface area contributed by atoms with E-state index in [-0.39, 0.29) is 5.88 Å². The highest BCUT2D eigenvalue weighted by Gasteiger charge is 2.08. The molecule has 4 heteroatoms. The SMILES string of the molecule is COc1ccc(Cn2nc(O)c3ccccc32)cc1. The Bertz CT molecular complexity index is 702. The van der Waals surface area contributed by atoms with Crippen LogP contribution in [0, 0.1) is 0 Å². The standard InChI is InChI=1S/C15H14N2O2/c1-19-12-8-6-11(7-9-12)10-17-14-5-3-2-4-13(14)15(18)16-17/h2-9H,10H2,1H3,(H,16,18). The number of benzene rings is 2. The number of fused-ring (bicyclic) bond motifs is 1. The third-order valence-electron chi connectivity index (χ3n) is 3.13. The zero-order valence-electron chi connectivity index (χ0n) is 10.6. The molecule has 3 aromatic rings. The topological polar surface area (TPSA) is 47.3 Å². The monoisotopic (exact) mass is 254 g/mol. The summed E-state index contributed by atoms with van der Waals surface area (Å²) in [4.78, 5) is 0. The van der Waals surface area contributed by atoms with E-state index in [1.165, 1.54) is 0 Å². The second-order valence-corrected chi connectivity index (χ2v) is 4.35. The molecule has 0 aliphatic heterocycles. The first-order valence-electron chi connectivity index (χ1n) is 6.05. The Balaban J connectivity index is 1.96. The second-order valence-electron chi connectivity index (χ2n) is 4.35. The van der Waals surface area contributed by atoms with E-state index in [1.54, 1.807) is 11.8 Å². The summed E-state index contributed by atoms with van der Waals surface area (Å²) >= 11 is 0. The molecule has 0 bridgehead atoms. The molecule has 3 rings (SSSR count). The molecule has 19 heavy (non-hydrogen) atoms. The van der Waals surface area contributed by atoms with Gasteiger partial charge in [0.25, 0.3) is 0 Å². The molecule has 0 saturated carbocycles. The van der Waals surface area contributed by atoms with E-state index in [9.17, 15) is 5.11 Å². The van der Waals surface area contributed by atoms with Crippen LogP contribution < -0.4 is 4.74 Å². The minimum absolute atomic E-state index is 0.0733. The molecule has 0 aliphatic carbocycles. The zero-order chi connectivity index (χ0) is 13.2. The zero-order valence-corrected chi connectivity index (χ0v) is 10.6. The van der Waals surface area contributed by atoms with Gasteiger partial charge >= 0.3 is 0 Å². The Morgan fingerprint density at radius 1 is 1.11 bits per heavy atom. The molecule has 0 spiro atoms. The van der Waals surface area contributed by atoms with Gasteiger partial charge in [0.05, 0.1) is 24.6 Å². The molecule has 1 aromatic heterocycles. The summed E-state index contributed by atoms with van der Waals surface area (Å²) < 4.78 is 6.93. The summed E-state index contributed by atoms with van der Waals surface area (Å²) in [5.41, 5.74) is 2.03. The van der Waals surface area contributed by atoms with Crippen LogP contribution in [0.25, 0.3) is 10.9 Å². The molecule has 1 N–H and O–H groups in total. The van der Waals surface area contributed by atoms with Gasteiger partial charge in [-0.2, -0.15) is 0 Å². The normalized spacial score (nSPS) is 10.8. The van der Waals surface area contributed by atoms with Crippen LogP contribution in [0.15, 0.2) is 48.5 Å². The summed E-state index contributed by atoms with van der Waals surface area (Å²) in [6.45, 7) is 0.616. The van der Waals surface area contributed by atoms with E-state index >= 15 is 0 Å².